The van der Waals surface area contributed by atoms with Crippen molar-refractivity contribution >= 4 is 23.4 Å². The van der Waals surface area contributed by atoms with E-state index in [1.807, 2.05) is 42.5 Å². The van der Waals surface area contributed by atoms with Gasteiger partial charge < -0.3 is 14.2 Å². The molecular formula is C28H28N2O5S. The average molecular weight is 505 g/mol. The number of carbonyl (C=O) groups is 1. The summed E-state index contributed by atoms with van der Waals surface area (Å²) in [6.07, 6.45) is 4.26. The zero-order valence-corrected chi connectivity index (χ0v) is 21.3. The molecule has 0 aliphatic carbocycles. The second-order valence-electron chi connectivity index (χ2n) is 8.16. The van der Waals surface area contributed by atoms with Gasteiger partial charge in [-0.05, 0) is 54.8 Å². The van der Waals surface area contributed by atoms with Crippen LogP contribution in [0.5, 0.6) is 11.5 Å². The number of hydrogen-bond donors (Lipinski definition) is 0. The summed E-state index contributed by atoms with van der Waals surface area (Å²) < 4.78 is 18.4. The molecule has 1 atom stereocenters. The smallest absolute Gasteiger partial charge is 0.338 e. The second-order valence-corrected chi connectivity index (χ2v) is 9.17. The summed E-state index contributed by atoms with van der Waals surface area (Å²) in [6, 6.07) is 14.2. The summed E-state index contributed by atoms with van der Waals surface area (Å²) in [7, 11) is 1.59. The molecule has 1 aromatic heterocycles. The van der Waals surface area contributed by atoms with Crippen molar-refractivity contribution in [2.75, 3.05) is 20.3 Å². The highest BCUT2D eigenvalue weighted by Crippen LogP contribution is 2.31. The van der Waals surface area contributed by atoms with E-state index in [2.05, 4.69) is 18.5 Å². The Balaban J connectivity index is 1.82. The Labute approximate surface area is 213 Å². The van der Waals surface area contributed by atoms with E-state index in [4.69, 9.17) is 14.2 Å². The molecule has 0 N–H and O–H groups in total. The number of benzene rings is 2. The summed E-state index contributed by atoms with van der Waals surface area (Å²) >= 11 is 1.29. The van der Waals surface area contributed by atoms with E-state index in [1.165, 1.54) is 17.4 Å². The highest BCUT2D eigenvalue weighted by molar-refractivity contribution is 7.07. The molecule has 4 rings (SSSR count). The van der Waals surface area contributed by atoms with Crippen molar-refractivity contribution in [1.29, 1.82) is 0 Å². The first-order valence-electron chi connectivity index (χ1n) is 11.6. The Morgan fingerprint density at radius 1 is 1.14 bits per heavy atom. The van der Waals surface area contributed by atoms with Gasteiger partial charge in [0.15, 0.2) is 4.80 Å². The molecule has 186 valence electrons. The molecule has 0 saturated carbocycles. The van der Waals surface area contributed by atoms with E-state index in [1.54, 1.807) is 30.7 Å². The van der Waals surface area contributed by atoms with E-state index in [9.17, 15) is 9.59 Å². The van der Waals surface area contributed by atoms with Crippen molar-refractivity contribution in [3.63, 3.8) is 0 Å². The van der Waals surface area contributed by atoms with Crippen LogP contribution < -0.4 is 24.4 Å². The minimum Gasteiger partial charge on any atom is -0.497 e. The van der Waals surface area contributed by atoms with Crippen molar-refractivity contribution in [1.82, 2.24) is 4.57 Å². The summed E-state index contributed by atoms with van der Waals surface area (Å²) in [5, 5.41) is 0. The van der Waals surface area contributed by atoms with Gasteiger partial charge in [-0.3, -0.25) is 9.36 Å². The molecule has 0 fully saturated rings. The van der Waals surface area contributed by atoms with Crippen LogP contribution in [0.3, 0.4) is 0 Å². The number of methoxy groups -OCH3 is 1. The molecule has 0 spiro atoms. The summed E-state index contributed by atoms with van der Waals surface area (Å²) in [5.74, 6) is 0.927. The molecule has 36 heavy (non-hydrogen) atoms. The Hall–Kier alpha value is -3.91. The molecule has 8 heteroatoms. The maximum atomic E-state index is 13.7. The normalized spacial score (nSPS) is 15.2. The Bertz CT molecular complexity index is 1460. The highest BCUT2D eigenvalue weighted by atomic mass is 32.1. The second kappa shape index (κ2) is 11.2. The number of thiazole rings is 1. The molecule has 0 unspecified atom stereocenters. The van der Waals surface area contributed by atoms with Crippen LogP contribution in [-0.2, 0) is 9.53 Å². The van der Waals surface area contributed by atoms with Gasteiger partial charge in [0, 0.05) is 0 Å². The van der Waals surface area contributed by atoms with E-state index in [0.29, 0.717) is 33.0 Å². The maximum Gasteiger partial charge on any atom is 0.338 e. The van der Waals surface area contributed by atoms with Gasteiger partial charge >= 0.3 is 5.97 Å². The lowest BCUT2D eigenvalue weighted by atomic mass is 9.96. The Morgan fingerprint density at radius 3 is 2.47 bits per heavy atom. The summed E-state index contributed by atoms with van der Waals surface area (Å²) in [4.78, 5) is 31.8. The van der Waals surface area contributed by atoms with Gasteiger partial charge in [-0.1, -0.05) is 55.2 Å². The number of ether oxygens (including phenoxy) is 3. The van der Waals surface area contributed by atoms with Crippen LogP contribution in [0.15, 0.2) is 82.2 Å². The van der Waals surface area contributed by atoms with Gasteiger partial charge in [-0.2, -0.15) is 0 Å². The predicted molar refractivity (Wildman–Crippen MR) is 140 cm³/mol. The predicted octanol–water partition coefficient (Wildman–Crippen LogP) is 3.76. The fourth-order valence-electron chi connectivity index (χ4n) is 3.93. The van der Waals surface area contributed by atoms with Crippen LogP contribution >= 0.6 is 11.3 Å². The number of rotatable bonds is 9. The topological polar surface area (TPSA) is 79.1 Å². The van der Waals surface area contributed by atoms with Crippen LogP contribution in [0, 0.1) is 0 Å². The van der Waals surface area contributed by atoms with Crippen molar-refractivity contribution in [2.24, 2.45) is 4.99 Å². The fourth-order valence-corrected chi connectivity index (χ4v) is 4.97. The molecule has 0 amide bonds. The molecule has 2 heterocycles. The van der Waals surface area contributed by atoms with Crippen molar-refractivity contribution < 1.29 is 19.0 Å². The molecule has 0 saturated heterocycles. The Morgan fingerprint density at radius 2 is 1.83 bits per heavy atom. The van der Waals surface area contributed by atoms with E-state index >= 15 is 0 Å². The maximum absolute atomic E-state index is 13.7. The SMILES string of the molecule is C=CCOC(=O)C1=C(C)N=c2s/c(=C/c3ccc(OCCC)cc3)c(=O)n2[C@H]1c1ccc(OC)cc1. The van der Waals surface area contributed by atoms with Crippen LogP contribution in [0.4, 0.5) is 0 Å². The molecule has 0 radical (unpaired) electrons. The molecule has 1 aliphatic heterocycles. The lowest BCUT2D eigenvalue weighted by Gasteiger charge is -2.24. The molecule has 2 aromatic carbocycles. The van der Waals surface area contributed by atoms with Crippen LogP contribution in [0.1, 0.15) is 37.4 Å². The minimum absolute atomic E-state index is 0.0628. The monoisotopic (exact) mass is 504 g/mol. The lowest BCUT2D eigenvalue weighted by Crippen LogP contribution is -2.39. The number of carbonyl (C=O) groups excluding carboxylic acids is 1. The first kappa shape index (κ1) is 25.2. The number of fused-ring (bicyclic) bond motifs is 1. The molecule has 7 nitrogen and oxygen atoms in total. The Kier molecular flexibility index (Phi) is 7.85. The van der Waals surface area contributed by atoms with Crippen molar-refractivity contribution in [2.45, 2.75) is 26.3 Å². The van der Waals surface area contributed by atoms with Gasteiger partial charge in [-0.25, -0.2) is 9.79 Å². The number of aromatic nitrogens is 1. The van der Waals surface area contributed by atoms with Gasteiger partial charge in [0.05, 0.1) is 35.6 Å². The minimum atomic E-state index is -0.684. The zero-order chi connectivity index (χ0) is 25.7. The first-order valence-corrected chi connectivity index (χ1v) is 12.5. The summed E-state index contributed by atoms with van der Waals surface area (Å²) in [5.41, 5.74) is 2.22. The zero-order valence-electron chi connectivity index (χ0n) is 20.5. The van der Waals surface area contributed by atoms with Crippen LogP contribution in [0.25, 0.3) is 6.08 Å². The third-order valence-electron chi connectivity index (χ3n) is 5.66. The van der Waals surface area contributed by atoms with Crippen molar-refractivity contribution in [3.8, 4) is 11.5 Å². The average Bonchev–Trinajstić information content (AvgIpc) is 3.20. The van der Waals surface area contributed by atoms with Gasteiger partial charge in [0.2, 0.25) is 0 Å². The molecule has 0 bridgehead atoms. The quantitative estimate of drug-likeness (QED) is 0.328. The van der Waals surface area contributed by atoms with Crippen molar-refractivity contribution in [3.05, 3.63) is 103 Å². The highest BCUT2D eigenvalue weighted by Gasteiger charge is 2.33. The third-order valence-corrected chi connectivity index (χ3v) is 6.64. The molecule has 1 aliphatic rings. The number of esters is 1. The molecular weight excluding hydrogens is 476 g/mol. The summed E-state index contributed by atoms with van der Waals surface area (Å²) in [6.45, 7) is 8.14. The van der Waals surface area contributed by atoms with Gasteiger partial charge in [0.25, 0.3) is 5.56 Å². The standard InChI is InChI=1S/C28H28N2O5S/c1-5-15-34-22-11-7-19(8-12-22)17-23-26(31)30-25(20-9-13-21(33-4)14-10-20)24(27(32)35-16-6-2)18(3)29-28(30)36-23/h6-14,17,25H,2,5,15-16H2,1,3-4H3/b23-17+/t25-/m0/s1. The number of nitrogens with zero attached hydrogens (tertiary/aromatic N) is 2. The van der Waals surface area contributed by atoms with Gasteiger partial charge in [0.1, 0.15) is 18.1 Å². The molecule has 3 aromatic rings. The third kappa shape index (κ3) is 5.18. The fraction of sp³-hybridized carbons (Fsp3) is 0.250. The number of hydrogen-bond acceptors (Lipinski definition) is 7. The van der Waals surface area contributed by atoms with Crippen LogP contribution in [-0.4, -0.2) is 30.9 Å². The number of allylic oxidation sites excluding steroid dienone is 1. The lowest BCUT2D eigenvalue weighted by molar-refractivity contribution is -0.138. The van der Waals surface area contributed by atoms with E-state index in [-0.39, 0.29) is 12.2 Å². The van der Waals surface area contributed by atoms with E-state index in [0.717, 1.165) is 23.3 Å². The van der Waals surface area contributed by atoms with Gasteiger partial charge in [-0.15, -0.1) is 0 Å². The first-order chi connectivity index (χ1) is 17.5. The van der Waals surface area contributed by atoms with Crippen LogP contribution in [0.2, 0.25) is 0 Å². The van der Waals surface area contributed by atoms with E-state index < -0.39 is 12.0 Å². The largest absolute Gasteiger partial charge is 0.497 e.